The van der Waals surface area contributed by atoms with Crippen LogP contribution < -0.4 is 5.32 Å². The number of carbonyl (C=O) groups is 2. The van der Waals surface area contributed by atoms with Gasteiger partial charge in [0, 0.05) is 6.54 Å². The number of alkyl carbamates (subject to hydrolysis) is 1. The Bertz CT molecular complexity index is 626. The maximum Gasteiger partial charge on any atom is 0.408 e. The minimum atomic E-state index is -1.51. The third-order valence-corrected chi connectivity index (χ3v) is 4.66. The summed E-state index contributed by atoms with van der Waals surface area (Å²) in [5.41, 5.74) is -1.64. The molecule has 0 aliphatic carbocycles. The van der Waals surface area contributed by atoms with E-state index in [1.54, 1.807) is 45.0 Å². The summed E-state index contributed by atoms with van der Waals surface area (Å²) in [5.74, 6) is -0.886. The number of nitrogens with one attached hydrogen (secondary N) is 1. The van der Waals surface area contributed by atoms with Crippen LogP contribution in [0.1, 0.15) is 45.6 Å². The Hall–Kier alpha value is -2.08. The summed E-state index contributed by atoms with van der Waals surface area (Å²) in [4.78, 5) is 27.1. The molecule has 1 saturated heterocycles. The Labute approximate surface area is 155 Å². The van der Waals surface area contributed by atoms with E-state index in [9.17, 15) is 14.7 Å². The van der Waals surface area contributed by atoms with Crippen LogP contribution in [0.4, 0.5) is 4.79 Å². The van der Waals surface area contributed by atoms with Gasteiger partial charge in [0.05, 0.1) is 0 Å². The van der Waals surface area contributed by atoms with E-state index in [0.29, 0.717) is 12.0 Å². The fourth-order valence-electron chi connectivity index (χ4n) is 3.58. The van der Waals surface area contributed by atoms with Crippen LogP contribution in [0.25, 0.3) is 0 Å². The second-order valence-electron chi connectivity index (χ2n) is 8.18. The van der Waals surface area contributed by atoms with Crippen molar-refractivity contribution in [3.05, 3.63) is 35.9 Å². The Kier molecular flexibility index (Phi) is 6.29. The van der Waals surface area contributed by atoms with E-state index in [2.05, 4.69) is 10.2 Å². The number of hydrogen-bond donors (Lipinski definition) is 2. The minimum Gasteiger partial charge on any atom is -0.479 e. The third kappa shape index (κ3) is 5.21. The SMILES string of the molecule is CN1CCC[C@H](CC(NC(=O)OC(C)(C)C)(C(=O)O)c2ccccc2)C1. The van der Waals surface area contributed by atoms with Crippen LogP contribution in [0.5, 0.6) is 0 Å². The van der Waals surface area contributed by atoms with Crippen molar-refractivity contribution in [3.8, 4) is 0 Å². The molecule has 1 heterocycles. The van der Waals surface area contributed by atoms with Crippen LogP contribution in [0.2, 0.25) is 0 Å². The molecule has 1 fully saturated rings. The maximum atomic E-state index is 12.5. The lowest BCUT2D eigenvalue weighted by Gasteiger charge is -2.38. The highest BCUT2D eigenvalue weighted by Gasteiger charge is 2.45. The van der Waals surface area contributed by atoms with Gasteiger partial charge < -0.3 is 20.1 Å². The first-order valence-electron chi connectivity index (χ1n) is 9.11. The van der Waals surface area contributed by atoms with E-state index in [4.69, 9.17) is 4.74 Å². The second-order valence-corrected chi connectivity index (χ2v) is 8.18. The molecule has 2 rings (SSSR count). The Balaban J connectivity index is 2.35. The summed E-state index contributed by atoms with van der Waals surface area (Å²) < 4.78 is 5.35. The van der Waals surface area contributed by atoms with Crippen LogP contribution in [-0.2, 0) is 15.1 Å². The number of carbonyl (C=O) groups excluding carboxylic acids is 1. The largest absolute Gasteiger partial charge is 0.479 e. The summed E-state index contributed by atoms with van der Waals surface area (Å²) in [6, 6.07) is 8.90. The van der Waals surface area contributed by atoms with Gasteiger partial charge in [0.15, 0.2) is 5.54 Å². The van der Waals surface area contributed by atoms with Crippen molar-refractivity contribution in [1.29, 1.82) is 0 Å². The number of benzene rings is 1. The van der Waals surface area contributed by atoms with Gasteiger partial charge >= 0.3 is 12.1 Å². The van der Waals surface area contributed by atoms with Crippen LogP contribution >= 0.6 is 0 Å². The van der Waals surface area contributed by atoms with Gasteiger partial charge in [-0.3, -0.25) is 0 Å². The summed E-state index contributed by atoms with van der Waals surface area (Å²) >= 11 is 0. The number of likely N-dealkylation sites (tertiary alicyclic amines) is 1. The molecule has 6 nitrogen and oxygen atoms in total. The molecule has 1 aliphatic rings. The van der Waals surface area contributed by atoms with Crippen molar-refractivity contribution in [2.75, 3.05) is 20.1 Å². The van der Waals surface area contributed by atoms with Crippen molar-refractivity contribution in [2.45, 2.75) is 51.2 Å². The van der Waals surface area contributed by atoms with Gasteiger partial charge in [-0.15, -0.1) is 0 Å². The Morgan fingerprint density at radius 3 is 2.46 bits per heavy atom. The zero-order valence-corrected chi connectivity index (χ0v) is 16.1. The van der Waals surface area contributed by atoms with E-state index < -0.39 is 23.2 Å². The molecule has 1 aromatic carbocycles. The molecular formula is C20H30N2O4. The van der Waals surface area contributed by atoms with E-state index in [-0.39, 0.29) is 5.92 Å². The number of amides is 1. The molecule has 0 aromatic heterocycles. The Morgan fingerprint density at radius 1 is 1.27 bits per heavy atom. The van der Waals surface area contributed by atoms with Gasteiger partial charge in [-0.25, -0.2) is 9.59 Å². The first kappa shape index (κ1) is 20.2. The number of hydrogen-bond acceptors (Lipinski definition) is 4. The molecule has 0 bridgehead atoms. The predicted molar refractivity (Wildman–Crippen MR) is 100.0 cm³/mol. The van der Waals surface area contributed by atoms with Gasteiger partial charge in [-0.2, -0.15) is 0 Å². The molecule has 0 radical (unpaired) electrons. The zero-order chi connectivity index (χ0) is 19.4. The monoisotopic (exact) mass is 362 g/mol. The van der Waals surface area contributed by atoms with Gasteiger partial charge in [-0.05, 0) is 65.1 Å². The summed E-state index contributed by atoms with van der Waals surface area (Å²) in [6.07, 6.45) is 1.59. The molecule has 26 heavy (non-hydrogen) atoms. The summed E-state index contributed by atoms with van der Waals surface area (Å²) in [6.45, 7) is 7.11. The number of carboxylic acids is 1. The highest BCUT2D eigenvalue weighted by Crippen LogP contribution is 2.33. The standard InChI is InChI=1S/C20H30N2O4/c1-19(2,3)26-18(25)21-20(17(23)24,16-10-6-5-7-11-16)13-15-9-8-12-22(4)14-15/h5-7,10-11,15H,8-9,12-14H2,1-4H3,(H,21,25)(H,23,24)/t15-,20?/m1/s1. The molecule has 6 heteroatoms. The third-order valence-electron chi connectivity index (χ3n) is 4.66. The molecule has 2 atom stereocenters. The quantitative estimate of drug-likeness (QED) is 0.841. The van der Waals surface area contributed by atoms with E-state index in [0.717, 1.165) is 25.9 Å². The van der Waals surface area contributed by atoms with Crippen LogP contribution in [0.15, 0.2) is 30.3 Å². The van der Waals surface area contributed by atoms with Crippen LogP contribution in [0.3, 0.4) is 0 Å². The van der Waals surface area contributed by atoms with Gasteiger partial charge in [0.25, 0.3) is 0 Å². The highest BCUT2D eigenvalue weighted by atomic mass is 16.6. The fraction of sp³-hybridized carbons (Fsp3) is 0.600. The van der Waals surface area contributed by atoms with Crippen LogP contribution in [-0.4, -0.2) is 47.8 Å². The van der Waals surface area contributed by atoms with E-state index in [1.807, 2.05) is 13.1 Å². The zero-order valence-electron chi connectivity index (χ0n) is 16.1. The second kappa shape index (κ2) is 8.08. The number of nitrogens with zero attached hydrogens (tertiary/aromatic N) is 1. The molecule has 1 amide bonds. The molecule has 0 saturated carbocycles. The molecule has 0 spiro atoms. The summed E-state index contributed by atoms with van der Waals surface area (Å²) in [7, 11) is 2.04. The van der Waals surface area contributed by atoms with E-state index >= 15 is 0 Å². The molecule has 1 unspecified atom stereocenters. The van der Waals surface area contributed by atoms with Gasteiger partial charge in [-0.1, -0.05) is 30.3 Å². The van der Waals surface area contributed by atoms with Crippen molar-refractivity contribution < 1.29 is 19.4 Å². The van der Waals surface area contributed by atoms with E-state index in [1.165, 1.54) is 0 Å². The predicted octanol–water partition coefficient (Wildman–Crippen LogP) is 3.22. The van der Waals surface area contributed by atoms with Crippen molar-refractivity contribution in [1.82, 2.24) is 10.2 Å². The molecular weight excluding hydrogens is 332 g/mol. The minimum absolute atomic E-state index is 0.181. The number of aliphatic carboxylic acids is 1. The normalized spacial score (nSPS) is 20.8. The molecule has 2 N–H and O–H groups in total. The van der Waals surface area contributed by atoms with Crippen molar-refractivity contribution in [3.63, 3.8) is 0 Å². The maximum absolute atomic E-state index is 12.5. The van der Waals surface area contributed by atoms with Gasteiger partial charge in [0.2, 0.25) is 0 Å². The topological polar surface area (TPSA) is 78.9 Å². The highest BCUT2D eigenvalue weighted by molar-refractivity contribution is 5.86. The number of rotatable bonds is 5. The average molecular weight is 362 g/mol. The smallest absolute Gasteiger partial charge is 0.408 e. The molecule has 1 aliphatic heterocycles. The molecule has 144 valence electrons. The fourth-order valence-corrected chi connectivity index (χ4v) is 3.58. The van der Waals surface area contributed by atoms with Crippen LogP contribution in [0, 0.1) is 5.92 Å². The lowest BCUT2D eigenvalue weighted by molar-refractivity contribution is -0.146. The number of ether oxygens (including phenoxy) is 1. The van der Waals surface area contributed by atoms with Crippen molar-refractivity contribution >= 4 is 12.1 Å². The number of carboxylic acid groups (broad SMARTS) is 1. The lowest BCUT2D eigenvalue weighted by Crippen LogP contribution is -2.55. The lowest BCUT2D eigenvalue weighted by atomic mass is 9.78. The first-order chi connectivity index (χ1) is 12.1. The first-order valence-corrected chi connectivity index (χ1v) is 9.11. The number of piperidine rings is 1. The Morgan fingerprint density at radius 2 is 1.92 bits per heavy atom. The van der Waals surface area contributed by atoms with Crippen molar-refractivity contribution in [2.24, 2.45) is 5.92 Å². The molecule has 1 aromatic rings. The van der Waals surface area contributed by atoms with Gasteiger partial charge in [0.1, 0.15) is 5.60 Å². The average Bonchev–Trinajstić information content (AvgIpc) is 2.53. The summed E-state index contributed by atoms with van der Waals surface area (Å²) in [5, 5.41) is 12.8.